The van der Waals surface area contributed by atoms with Crippen molar-refractivity contribution in [2.75, 3.05) is 6.54 Å². The van der Waals surface area contributed by atoms with Crippen LogP contribution in [0.1, 0.15) is 28.8 Å². The zero-order valence-electron chi connectivity index (χ0n) is 9.87. The Hall–Kier alpha value is -1.27. The summed E-state index contributed by atoms with van der Waals surface area (Å²) >= 11 is 0. The van der Waals surface area contributed by atoms with Crippen LogP contribution in [0, 0.1) is 0 Å². The van der Waals surface area contributed by atoms with E-state index in [-0.39, 0.29) is 36.4 Å². The fourth-order valence-electron chi connectivity index (χ4n) is 1.50. The molecule has 7 heteroatoms. The lowest BCUT2D eigenvalue weighted by molar-refractivity contribution is -0.137. The average Bonchev–Trinajstić information content (AvgIpc) is 3.11. The van der Waals surface area contributed by atoms with Crippen LogP contribution in [0.2, 0.25) is 0 Å². The SMILES string of the molecule is Cl.NCC(=O)c1cc(C(F)(F)F)ccc1OC1CC1. The van der Waals surface area contributed by atoms with Gasteiger partial charge in [-0.2, -0.15) is 13.2 Å². The number of Topliss-reactive ketones (excluding diaryl/α,β-unsaturated/α-hetero) is 1. The minimum absolute atomic E-state index is 0. The summed E-state index contributed by atoms with van der Waals surface area (Å²) in [6.07, 6.45) is -2.76. The molecule has 0 radical (unpaired) electrons. The smallest absolute Gasteiger partial charge is 0.416 e. The highest BCUT2D eigenvalue weighted by molar-refractivity contribution is 6.00. The van der Waals surface area contributed by atoms with E-state index in [2.05, 4.69) is 0 Å². The van der Waals surface area contributed by atoms with Gasteiger partial charge < -0.3 is 10.5 Å². The molecule has 1 saturated carbocycles. The molecule has 3 nitrogen and oxygen atoms in total. The summed E-state index contributed by atoms with van der Waals surface area (Å²) in [6, 6.07) is 2.89. The minimum Gasteiger partial charge on any atom is -0.490 e. The standard InChI is InChI=1S/C12H12F3NO2.ClH/c13-12(14,15)7-1-4-11(18-8-2-3-8)9(5-7)10(17)6-16;/h1,4-5,8H,2-3,6,16H2;1H. The van der Waals surface area contributed by atoms with Gasteiger partial charge in [-0.25, -0.2) is 0 Å². The number of hydrogen-bond acceptors (Lipinski definition) is 3. The van der Waals surface area contributed by atoms with Crippen LogP contribution < -0.4 is 10.5 Å². The van der Waals surface area contributed by atoms with Gasteiger partial charge in [-0.05, 0) is 31.0 Å². The first-order chi connectivity index (χ1) is 8.41. The van der Waals surface area contributed by atoms with Crippen molar-refractivity contribution in [3.63, 3.8) is 0 Å². The van der Waals surface area contributed by atoms with Gasteiger partial charge in [0.1, 0.15) is 5.75 Å². The number of benzene rings is 1. The Bertz CT molecular complexity index is 473. The van der Waals surface area contributed by atoms with Crippen molar-refractivity contribution < 1.29 is 22.7 Å². The normalized spacial score (nSPS) is 14.7. The van der Waals surface area contributed by atoms with Crippen LogP contribution in [0.15, 0.2) is 18.2 Å². The van der Waals surface area contributed by atoms with E-state index in [4.69, 9.17) is 10.5 Å². The monoisotopic (exact) mass is 295 g/mol. The molecule has 1 aromatic carbocycles. The number of alkyl halides is 3. The molecule has 0 unspecified atom stereocenters. The highest BCUT2D eigenvalue weighted by Gasteiger charge is 2.33. The van der Waals surface area contributed by atoms with Crippen LogP contribution in [0.4, 0.5) is 13.2 Å². The number of ketones is 1. The Kier molecular flexibility index (Phi) is 4.81. The average molecular weight is 296 g/mol. The summed E-state index contributed by atoms with van der Waals surface area (Å²) in [6.45, 7) is -0.345. The lowest BCUT2D eigenvalue weighted by atomic mass is 10.1. The first kappa shape index (κ1) is 15.8. The van der Waals surface area contributed by atoms with Crippen molar-refractivity contribution in [3.05, 3.63) is 29.3 Å². The Morgan fingerprint density at radius 2 is 2.00 bits per heavy atom. The van der Waals surface area contributed by atoms with Gasteiger partial charge in [-0.3, -0.25) is 4.79 Å². The van der Waals surface area contributed by atoms with Crippen LogP contribution >= 0.6 is 12.4 Å². The summed E-state index contributed by atoms with van der Waals surface area (Å²) in [7, 11) is 0. The number of carbonyl (C=O) groups excluding carboxylic acids is 1. The van der Waals surface area contributed by atoms with E-state index in [0.717, 1.165) is 25.0 Å². The Balaban J connectivity index is 0.00000180. The van der Waals surface area contributed by atoms with E-state index in [1.807, 2.05) is 0 Å². The van der Waals surface area contributed by atoms with Gasteiger partial charge in [0.2, 0.25) is 0 Å². The van der Waals surface area contributed by atoms with Crippen LogP contribution in [-0.2, 0) is 6.18 Å². The lowest BCUT2D eigenvalue weighted by Crippen LogP contribution is -2.17. The summed E-state index contributed by atoms with van der Waals surface area (Å²) in [5.41, 5.74) is 4.22. The molecule has 19 heavy (non-hydrogen) atoms. The maximum absolute atomic E-state index is 12.6. The topological polar surface area (TPSA) is 52.3 Å². The zero-order valence-corrected chi connectivity index (χ0v) is 10.7. The number of rotatable bonds is 4. The van der Waals surface area contributed by atoms with E-state index >= 15 is 0 Å². The van der Waals surface area contributed by atoms with Crippen LogP contribution in [0.5, 0.6) is 5.75 Å². The van der Waals surface area contributed by atoms with Crippen molar-refractivity contribution in [1.29, 1.82) is 0 Å². The molecule has 1 aromatic rings. The van der Waals surface area contributed by atoms with Crippen molar-refractivity contribution in [3.8, 4) is 5.75 Å². The fraction of sp³-hybridized carbons (Fsp3) is 0.417. The van der Waals surface area contributed by atoms with Gasteiger partial charge >= 0.3 is 6.18 Å². The molecule has 1 fully saturated rings. The Morgan fingerprint density at radius 1 is 1.37 bits per heavy atom. The number of hydrogen-bond donors (Lipinski definition) is 1. The maximum atomic E-state index is 12.6. The molecule has 106 valence electrons. The second-order valence-electron chi connectivity index (χ2n) is 4.15. The van der Waals surface area contributed by atoms with Gasteiger partial charge in [-0.1, -0.05) is 0 Å². The second kappa shape index (κ2) is 5.79. The summed E-state index contributed by atoms with van der Waals surface area (Å²) < 4.78 is 43.1. The van der Waals surface area contributed by atoms with Gasteiger partial charge in [0.15, 0.2) is 5.78 Å². The van der Waals surface area contributed by atoms with E-state index in [1.54, 1.807) is 0 Å². The van der Waals surface area contributed by atoms with E-state index in [1.165, 1.54) is 6.07 Å². The van der Waals surface area contributed by atoms with E-state index < -0.39 is 17.5 Å². The first-order valence-electron chi connectivity index (χ1n) is 5.53. The lowest BCUT2D eigenvalue weighted by Gasteiger charge is -2.13. The quantitative estimate of drug-likeness (QED) is 0.869. The molecule has 2 rings (SSSR count). The largest absolute Gasteiger partial charge is 0.490 e. The molecule has 0 saturated heterocycles. The highest BCUT2D eigenvalue weighted by Crippen LogP contribution is 2.35. The molecule has 0 aromatic heterocycles. The molecule has 0 amide bonds. The van der Waals surface area contributed by atoms with Gasteiger partial charge in [0, 0.05) is 0 Å². The molecule has 1 aliphatic rings. The van der Waals surface area contributed by atoms with Gasteiger partial charge in [0.25, 0.3) is 0 Å². The summed E-state index contributed by atoms with van der Waals surface area (Å²) in [4.78, 5) is 11.5. The first-order valence-corrected chi connectivity index (χ1v) is 5.53. The summed E-state index contributed by atoms with van der Waals surface area (Å²) in [5.74, 6) is -0.377. The minimum atomic E-state index is -4.48. The van der Waals surface area contributed by atoms with Gasteiger partial charge in [0.05, 0.1) is 23.8 Å². The second-order valence-corrected chi connectivity index (χ2v) is 4.15. The molecule has 0 aliphatic heterocycles. The van der Waals surface area contributed by atoms with E-state index in [9.17, 15) is 18.0 Å². The number of carbonyl (C=O) groups is 1. The van der Waals surface area contributed by atoms with Crippen LogP contribution in [0.25, 0.3) is 0 Å². The Labute approximate surface area is 114 Å². The fourth-order valence-corrected chi connectivity index (χ4v) is 1.50. The molecule has 0 spiro atoms. The molecule has 0 heterocycles. The van der Waals surface area contributed by atoms with Crippen molar-refractivity contribution >= 4 is 18.2 Å². The number of ether oxygens (including phenoxy) is 1. The third kappa shape index (κ3) is 3.84. The molecular weight excluding hydrogens is 283 g/mol. The molecule has 0 atom stereocenters. The third-order valence-electron chi connectivity index (χ3n) is 2.61. The summed E-state index contributed by atoms with van der Waals surface area (Å²) in [5, 5.41) is 0. The van der Waals surface area contributed by atoms with Crippen molar-refractivity contribution in [2.45, 2.75) is 25.1 Å². The van der Waals surface area contributed by atoms with E-state index in [0.29, 0.717) is 0 Å². The maximum Gasteiger partial charge on any atom is 0.416 e. The number of nitrogens with two attached hydrogens (primary N) is 1. The molecule has 2 N–H and O–H groups in total. The van der Waals surface area contributed by atoms with Crippen molar-refractivity contribution in [1.82, 2.24) is 0 Å². The van der Waals surface area contributed by atoms with Gasteiger partial charge in [-0.15, -0.1) is 12.4 Å². The molecule has 1 aliphatic carbocycles. The van der Waals surface area contributed by atoms with Crippen LogP contribution in [0.3, 0.4) is 0 Å². The predicted molar refractivity (Wildman–Crippen MR) is 65.7 cm³/mol. The predicted octanol–water partition coefficient (Wildman–Crippen LogP) is 2.81. The zero-order chi connectivity index (χ0) is 13.3. The molecular formula is C12H13ClF3NO2. The molecule has 0 bridgehead atoms. The van der Waals surface area contributed by atoms with Crippen LogP contribution in [-0.4, -0.2) is 18.4 Å². The third-order valence-corrected chi connectivity index (χ3v) is 2.61. The number of halogens is 4. The highest BCUT2D eigenvalue weighted by atomic mass is 35.5. The van der Waals surface area contributed by atoms with Crippen molar-refractivity contribution in [2.24, 2.45) is 5.73 Å². The Morgan fingerprint density at radius 3 is 2.47 bits per heavy atom.